The number of piperazine rings is 1. The van der Waals surface area contributed by atoms with Crippen LogP contribution in [0.25, 0.3) is 0 Å². The van der Waals surface area contributed by atoms with Gasteiger partial charge < -0.3 is 9.64 Å². The molecule has 0 saturated carbocycles. The summed E-state index contributed by atoms with van der Waals surface area (Å²) >= 11 is 1.79. The van der Waals surface area contributed by atoms with Crippen LogP contribution in [0.1, 0.15) is 16.0 Å². The lowest BCUT2D eigenvalue weighted by atomic mass is 10.1. The van der Waals surface area contributed by atoms with E-state index in [9.17, 15) is 4.79 Å². The molecule has 4 nitrogen and oxygen atoms in total. The molecule has 3 rings (SSSR count). The average molecular weight is 344 g/mol. The van der Waals surface area contributed by atoms with Crippen molar-refractivity contribution in [2.75, 3.05) is 32.8 Å². The number of carbonyl (C=O) groups excluding carboxylic acids is 1. The molecule has 0 bridgehead atoms. The molecule has 128 valence electrons. The molecule has 0 radical (unpaired) electrons. The molecule has 0 aliphatic carbocycles. The average Bonchev–Trinajstić information content (AvgIpc) is 3.09. The van der Waals surface area contributed by atoms with Crippen molar-refractivity contribution in [3.63, 3.8) is 0 Å². The van der Waals surface area contributed by atoms with Crippen molar-refractivity contribution < 1.29 is 9.53 Å². The summed E-state index contributed by atoms with van der Waals surface area (Å²) in [5.41, 5.74) is 2.21. The number of benzene rings is 1. The largest absolute Gasteiger partial charge is 0.483 e. The topological polar surface area (TPSA) is 32.8 Å². The van der Waals surface area contributed by atoms with Crippen LogP contribution in [0.3, 0.4) is 0 Å². The first-order valence-electron chi connectivity index (χ1n) is 8.34. The van der Waals surface area contributed by atoms with Crippen molar-refractivity contribution in [2.45, 2.75) is 20.4 Å². The fourth-order valence-electron chi connectivity index (χ4n) is 2.87. The van der Waals surface area contributed by atoms with E-state index in [1.807, 2.05) is 30.9 Å². The van der Waals surface area contributed by atoms with Crippen molar-refractivity contribution in [3.05, 3.63) is 51.7 Å². The molecule has 2 heterocycles. The molecule has 2 aromatic rings. The standard InChI is InChI=1S/C19H24N2O2S/c1-15-5-6-16(2)18(12-15)23-14-19(22)21-9-7-20(8-10-21)13-17-4-3-11-24-17/h3-6,11-12H,7-10,13-14H2,1-2H3. The number of carbonyl (C=O) groups is 1. The Balaban J connectivity index is 1.46. The highest BCUT2D eigenvalue weighted by Crippen LogP contribution is 2.19. The molecule has 1 aromatic heterocycles. The first-order chi connectivity index (χ1) is 11.6. The van der Waals surface area contributed by atoms with E-state index in [0.717, 1.165) is 49.6 Å². The van der Waals surface area contributed by atoms with E-state index < -0.39 is 0 Å². The van der Waals surface area contributed by atoms with Crippen molar-refractivity contribution in [1.82, 2.24) is 9.80 Å². The quantitative estimate of drug-likeness (QED) is 0.836. The predicted octanol–water partition coefficient (Wildman–Crippen LogP) is 3.09. The number of nitrogens with zero attached hydrogens (tertiary/aromatic N) is 2. The monoisotopic (exact) mass is 344 g/mol. The minimum absolute atomic E-state index is 0.0756. The van der Waals surface area contributed by atoms with Gasteiger partial charge in [-0.05, 0) is 42.5 Å². The number of ether oxygens (including phenoxy) is 1. The van der Waals surface area contributed by atoms with E-state index in [0.29, 0.717) is 0 Å². The van der Waals surface area contributed by atoms with Gasteiger partial charge in [0.1, 0.15) is 5.75 Å². The summed E-state index contributed by atoms with van der Waals surface area (Å²) in [5, 5.41) is 2.11. The van der Waals surface area contributed by atoms with Gasteiger partial charge in [0, 0.05) is 37.6 Å². The molecule has 5 heteroatoms. The van der Waals surface area contributed by atoms with Crippen LogP contribution in [0.4, 0.5) is 0 Å². The first-order valence-corrected chi connectivity index (χ1v) is 9.22. The van der Waals surface area contributed by atoms with Crippen LogP contribution in [-0.4, -0.2) is 48.5 Å². The number of hydrogen-bond donors (Lipinski definition) is 0. The summed E-state index contributed by atoms with van der Waals surface area (Å²) in [7, 11) is 0. The van der Waals surface area contributed by atoms with E-state index in [1.165, 1.54) is 4.88 Å². The zero-order chi connectivity index (χ0) is 16.9. The summed E-state index contributed by atoms with van der Waals surface area (Å²) in [6.45, 7) is 8.54. The lowest BCUT2D eigenvalue weighted by molar-refractivity contribution is -0.135. The predicted molar refractivity (Wildman–Crippen MR) is 97.6 cm³/mol. The molecule has 0 N–H and O–H groups in total. The third-order valence-corrected chi connectivity index (χ3v) is 5.24. The van der Waals surface area contributed by atoms with Crippen LogP contribution in [-0.2, 0) is 11.3 Å². The summed E-state index contributed by atoms with van der Waals surface area (Å²) in [6, 6.07) is 10.3. The number of amides is 1. The Morgan fingerprint density at radius 2 is 1.96 bits per heavy atom. The normalized spacial score (nSPS) is 15.5. The summed E-state index contributed by atoms with van der Waals surface area (Å²) in [5.74, 6) is 0.881. The van der Waals surface area contributed by atoms with Crippen molar-refractivity contribution in [3.8, 4) is 5.75 Å². The summed E-state index contributed by atoms with van der Waals surface area (Å²) in [6.07, 6.45) is 0. The first kappa shape index (κ1) is 17.0. The maximum Gasteiger partial charge on any atom is 0.260 e. The van der Waals surface area contributed by atoms with Crippen molar-refractivity contribution in [2.24, 2.45) is 0 Å². The number of thiophene rings is 1. The van der Waals surface area contributed by atoms with Crippen LogP contribution >= 0.6 is 11.3 Å². The van der Waals surface area contributed by atoms with E-state index in [4.69, 9.17) is 4.74 Å². The van der Waals surface area contributed by atoms with E-state index in [-0.39, 0.29) is 12.5 Å². The molecule has 1 amide bonds. The van der Waals surface area contributed by atoms with Gasteiger partial charge in [0.15, 0.2) is 6.61 Å². The fraction of sp³-hybridized carbons (Fsp3) is 0.421. The van der Waals surface area contributed by atoms with Crippen LogP contribution in [0.2, 0.25) is 0 Å². The molecular formula is C19H24N2O2S. The molecule has 0 unspecified atom stereocenters. The third kappa shape index (κ3) is 4.36. The van der Waals surface area contributed by atoms with Crippen LogP contribution in [0.5, 0.6) is 5.75 Å². The second kappa shape index (κ2) is 7.81. The second-order valence-electron chi connectivity index (χ2n) is 6.29. The number of hydrogen-bond acceptors (Lipinski definition) is 4. The molecule has 1 fully saturated rings. The van der Waals surface area contributed by atoms with Crippen LogP contribution < -0.4 is 4.74 Å². The molecular weight excluding hydrogens is 320 g/mol. The fourth-order valence-corrected chi connectivity index (χ4v) is 3.62. The van der Waals surface area contributed by atoms with Crippen molar-refractivity contribution >= 4 is 17.2 Å². The van der Waals surface area contributed by atoms with Crippen LogP contribution in [0.15, 0.2) is 35.7 Å². The molecule has 1 aromatic carbocycles. The van der Waals surface area contributed by atoms with Gasteiger partial charge in [-0.1, -0.05) is 18.2 Å². The highest BCUT2D eigenvalue weighted by molar-refractivity contribution is 7.09. The zero-order valence-electron chi connectivity index (χ0n) is 14.3. The zero-order valence-corrected chi connectivity index (χ0v) is 15.1. The van der Waals surface area contributed by atoms with E-state index in [2.05, 4.69) is 28.5 Å². The minimum atomic E-state index is 0.0756. The van der Waals surface area contributed by atoms with Gasteiger partial charge in [-0.15, -0.1) is 11.3 Å². The minimum Gasteiger partial charge on any atom is -0.483 e. The van der Waals surface area contributed by atoms with Gasteiger partial charge in [0.05, 0.1) is 0 Å². The summed E-state index contributed by atoms with van der Waals surface area (Å²) in [4.78, 5) is 18.1. The maximum atomic E-state index is 12.4. The Hall–Kier alpha value is -1.85. The van der Waals surface area contributed by atoms with Crippen LogP contribution in [0, 0.1) is 13.8 Å². The Morgan fingerprint density at radius 1 is 1.17 bits per heavy atom. The third-order valence-electron chi connectivity index (χ3n) is 4.38. The number of rotatable bonds is 5. The molecule has 24 heavy (non-hydrogen) atoms. The molecule has 1 saturated heterocycles. The highest BCUT2D eigenvalue weighted by Gasteiger charge is 2.21. The molecule has 0 spiro atoms. The molecule has 1 aliphatic heterocycles. The lowest BCUT2D eigenvalue weighted by Gasteiger charge is -2.34. The lowest BCUT2D eigenvalue weighted by Crippen LogP contribution is -2.49. The van der Waals surface area contributed by atoms with Gasteiger partial charge in [-0.3, -0.25) is 9.69 Å². The Morgan fingerprint density at radius 3 is 2.67 bits per heavy atom. The van der Waals surface area contributed by atoms with Gasteiger partial charge in [-0.25, -0.2) is 0 Å². The molecule has 0 atom stereocenters. The second-order valence-corrected chi connectivity index (χ2v) is 7.33. The Labute approximate surface area is 147 Å². The highest BCUT2D eigenvalue weighted by atomic mass is 32.1. The smallest absolute Gasteiger partial charge is 0.260 e. The van der Waals surface area contributed by atoms with Gasteiger partial charge in [0.25, 0.3) is 5.91 Å². The molecule has 1 aliphatic rings. The van der Waals surface area contributed by atoms with Gasteiger partial charge >= 0.3 is 0 Å². The summed E-state index contributed by atoms with van der Waals surface area (Å²) < 4.78 is 5.74. The van der Waals surface area contributed by atoms with E-state index in [1.54, 1.807) is 11.3 Å². The number of aryl methyl sites for hydroxylation is 2. The maximum absolute atomic E-state index is 12.4. The van der Waals surface area contributed by atoms with Gasteiger partial charge in [-0.2, -0.15) is 0 Å². The van der Waals surface area contributed by atoms with Crippen molar-refractivity contribution in [1.29, 1.82) is 0 Å². The van der Waals surface area contributed by atoms with Gasteiger partial charge in [0.2, 0.25) is 0 Å². The van der Waals surface area contributed by atoms with E-state index >= 15 is 0 Å². The SMILES string of the molecule is Cc1ccc(C)c(OCC(=O)N2CCN(Cc3cccs3)CC2)c1. The Bertz CT molecular complexity index is 677. The Kier molecular flexibility index (Phi) is 5.53.